The summed E-state index contributed by atoms with van der Waals surface area (Å²) in [5.41, 5.74) is 6.27. The molecule has 0 spiro atoms. The molecule has 1 aliphatic heterocycles. The van der Waals surface area contributed by atoms with Gasteiger partial charge < -0.3 is 16.0 Å². The van der Waals surface area contributed by atoms with Crippen LogP contribution in [0.4, 0.5) is 5.82 Å². The fourth-order valence-electron chi connectivity index (χ4n) is 2.29. The molecule has 0 saturated carbocycles. The highest BCUT2D eigenvalue weighted by atomic mass is 16.1. The minimum Gasteiger partial charge on any atom is -0.355 e. The van der Waals surface area contributed by atoms with Gasteiger partial charge in [0.2, 0.25) is 0 Å². The Morgan fingerprint density at radius 2 is 2.37 bits per heavy atom. The topological polar surface area (TPSA) is 84.1 Å². The van der Waals surface area contributed by atoms with E-state index in [1.807, 2.05) is 19.9 Å². The van der Waals surface area contributed by atoms with Gasteiger partial charge in [-0.2, -0.15) is 0 Å². The summed E-state index contributed by atoms with van der Waals surface area (Å²) in [6.45, 7) is 6.36. The van der Waals surface area contributed by atoms with Gasteiger partial charge in [0, 0.05) is 25.7 Å². The number of rotatable bonds is 4. The Hall–Kier alpha value is -1.69. The summed E-state index contributed by atoms with van der Waals surface area (Å²) in [5.74, 6) is 1.14. The van der Waals surface area contributed by atoms with Crippen LogP contribution in [0.25, 0.3) is 0 Å². The first-order chi connectivity index (χ1) is 9.11. The lowest BCUT2D eigenvalue weighted by molar-refractivity contribution is 0.0950. The summed E-state index contributed by atoms with van der Waals surface area (Å²) in [4.78, 5) is 13.7. The second-order valence-corrected chi connectivity index (χ2v) is 4.99. The van der Waals surface area contributed by atoms with Gasteiger partial charge in [-0.1, -0.05) is 0 Å². The SMILES string of the molecule is CCNC(=O)c1ccc(N2CCC(C(C)N)C2)nn1. The Bertz CT molecular complexity index is 431. The molecule has 0 aliphatic carbocycles. The standard InChI is InChI=1S/C13H21N5O/c1-3-15-13(19)11-4-5-12(17-16-11)18-7-6-10(8-18)9(2)14/h4-5,9-10H,3,6-8,14H2,1-2H3,(H,15,19). The molecule has 0 aromatic carbocycles. The molecular formula is C13H21N5O. The zero-order valence-corrected chi connectivity index (χ0v) is 11.5. The molecule has 0 bridgehead atoms. The highest BCUT2D eigenvalue weighted by molar-refractivity contribution is 5.92. The molecule has 6 nitrogen and oxygen atoms in total. The second kappa shape index (κ2) is 5.97. The van der Waals surface area contributed by atoms with Crippen LogP contribution in [0.5, 0.6) is 0 Å². The van der Waals surface area contributed by atoms with Crippen LogP contribution in [-0.2, 0) is 0 Å². The summed E-state index contributed by atoms with van der Waals surface area (Å²) >= 11 is 0. The van der Waals surface area contributed by atoms with Crippen LogP contribution >= 0.6 is 0 Å². The van der Waals surface area contributed by atoms with Gasteiger partial charge in [0.1, 0.15) is 0 Å². The third kappa shape index (κ3) is 3.20. The third-order valence-electron chi connectivity index (χ3n) is 3.51. The van der Waals surface area contributed by atoms with E-state index in [-0.39, 0.29) is 11.9 Å². The molecule has 1 saturated heterocycles. The molecule has 0 radical (unpaired) electrons. The predicted octanol–water partition coefficient (Wildman–Crippen LogP) is 0.400. The van der Waals surface area contributed by atoms with Crippen molar-refractivity contribution in [1.82, 2.24) is 15.5 Å². The summed E-state index contributed by atoms with van der Waals surface area (Å²) in [7, 11) is 0. The predicted molar refractivity (Wildman–Crippen MR) is 74.0 cm³/mol. The van der Waals surface area contributed by atoms with E-state index in [0.717, 1.165) is 25.3 Å². The molecule has 6 heteroatoms. The highest BCUT2D eigenvalue weighted by Crippen LogP contribution is 2.23. The first-order valence-electron chi connectivity index (χ1n) is 6.74. The van der Waals surface area contributed by atoms with Crippen molar-refractivity contribution in [3.63, 3.8) is 0 Å². The average Bonchev–Trinajstić information content (AvgIpc) is 2.89. The van der Waals surface area contributed by atoms with Crippen molar-refractivity contribution in [3.8, 4) is 0 Å². The normalized spacial score (nSPS) is 20.4. The molecule has 1 aliphatic rings. The number of amides is 1. The molecule has 1 aromatic rings. The van der Waals surface area contributed by atoms with E-state index in [4.69, 9.17) is 5.73 Å². The van der Waals surface area contributed by atoms with Gasteiger partial charge in [-0.3, -0.25) is 4.79 Å². The van der Waals surface area contributed by atoms with Crippen LogP contribution in [0.2, 0.25) is 0 Å². The van der Waals surface area contributed by atoms with E-state index in [1.54, 1.807) is 6.07 Å². The van der Waals surface area contributed by atoms with Crippen molar-refractivity contribution in [2.24, 2.45) is 11.7 Å². The van der Waals surface area contributed by atoms with Crippen LogP contribution in [0.1, 0.15) is 30.8 Å². The number of nitrogens with zero attached hydrogens (tertiary/aromatic N) is 3. The van der Waals surface area contributed by atoms with Gasteiger partial charge in [0.15, 0.2) is 11.5 Å². The Kier molecular flexibility index (Phi) is 4.31. The van der Waals surface area contributed by atoms with E-state index >= 15 is 0 Å². The van der Waals surface area contributed by atoms with E-state index in [9.17, 15) is 4.79 Å². The Balaban J connectivity index is 2.01. The molecule has 2 rings (SSSR count). The molecule has 2 heterocycles. The van der Waals surface area contributed by atoms with Gasteiger partial charge in [-0.25, -0.2) is 0 Å². The second-order valence-electron chi connectivity index (χ2n) is 4.99. The third-order valence-corrected chi connectivity index (χ3v) is 3.51. The molecule has 1 fully saturated rings. The molecular weight excluding hydrogens is 242 g/mol. The van der Waals surface area contributed by atoms with Gasteiger partial charge in [0.05, 0.1) is 0 Å². The van der Waals surface area contributed by atoms with Crippen molar-refractivity contribution < 1.29 is 4.79 Å². The summed E-state index contributed by atoms with van der Waals surface area (Å²) in [5, 5.41) is 10.8. The summed E-state index contributed by atoms with van der Waals surface area (Å²) in [6.07, 6.45) is 1.08. The van der Waals surface area contributed by atoms with E-state index in [0.29, 0.717) is 18.2 Å². The van der Waals surface area contributed by atoms with E-state index in [1.165, 1.54) is 0 Å². The lowest BCUT2D eigenvalue weighted by atomic mass is 10.0. The zero-order valence-electron chi connectivity index (χ0n) is 11.5. The van der Waals surface area contributed by atoms with E-state index < -0.39 is 0 Å². The Morgan fingerprint density at radius 3 is 2.89 bits per heavy atom. The zero-order chi connectivity index (χ0) is 13.8. The van der Waals surface area contributed by atoms with Gasteiger partial charge >= 0.3 is 0 Å². The maximum absolute atomic E-state index is 11.6. The first-order valence-corrected chi connectivity index (χ1v) is 6.74. The van der Waals surface area contributed by atoms with Crippen LogP contribution < -0.4 is 16.0 Å². The average molecular weight is 263 g/mol. The highest BCUT2D eigenvalue weighted by Gasteiger charge is 2.26. The molecule has 1 amide bonds. The molecule has 2 unspecified atom stereocenters. The number of carbonyl (C=O) groups excluding carboxylic acids is 1. The van der Waals surface area contributed by atoms with Crippen molar-refractivity contribution in [2.75, 3.05) is 24.5 Å². The van der Waals surface area contributed by atoms with Crippen molar-refractivity contribution in [3.05, 3.63) is 17.8 Å². The fraction of sp³-hybridized carbons (Fsp3) is 0.615. The van der Waals surface area contributed by atoms with Gasteiger partial charge in [-0.05, 0) is 38.3 Å². The number of hydrogen-bond acceptors (Lipinski definition) is 5. The quantitative estimate of drug-likeness (QED) is 0.821. The number of carbonyl (C=O) groups is 1. The number of nitrogens with one attached hydrogen (secondary N) is 1. The van der Waals surface area contributed by atoms with Crippen molar-refractivity contribution in [1.29, 1.82) is 0 Å². The van der Waals surface area contributed by atoms with Crippen LogP contribution in [-0.4, -0.2) is 41.8 Å². The summed E-state index contributed by atoms with van der Waals surface area (Å²) in [6, 6.07) is 3.76. The van der Waals surface area contributed by atoms with Crippen LogP contribution in [0.3, 0.4) is 0 Å². The van der Waals surface area contributed by atoms with Gasteiger partial charge in [-0.15, -0.1) is 10.2 Å². The van der Waals surface area contributed by atoms with Gasteiger partial charge in [0.25, 0.3) is 5.91 Å². The van der Waals surface area contributed by atoms with Crippen molar-refractivity contribution >= 4 is 11.7 Å². The van der Waals surface area contributed by atoms with Crippen molar-refractivity contribution in [2.45, 2.75) is 26.3 Å². The number of anilines is 1. The number of nitrogens with two attached hydrogens (primary N) is 1. The lowest BCUT2D eigenvalue weighted by Crippen LogP contribution is -2.30. The molecule has 2 atom stereocenters. The molecule has 19 heavy (non-hydrogen) atoms. The molecule has 104 valence electrons. The minimum atomic E-state index is -0.184. The van der Waals surface area contributed by atoms with Crippen LogP contribution in [0, 0.1) is 5.92 Å². The maximum Gasteiger partial charge on any atom is 0.271 e. The van der Waals surface area contributed by atoms with Crippen LogP contribution in [0.15, 0.2) is 12.1 Å². The number of hydrogen-bond donors (Lipinski definition) is 2. The minimum absolute atomic E-state index is 0.184. The summed E-state index contributed by atoms with van der Waals surface area (Å²) < 4.78 is 0. The number of aromatic nitrogens is 2. The lowest BCUT2D eigenvalue weighted by Gasteiger charge is -2.18. The largest absolute Gasteiger partial charge is 0.355 e. The van der Waals surface area contributed by atoms with E-state index in [2.05, 4.69) is 20.4 Å². The monoisotopic (exact) mass is 263 g/mol. The first kappa shape index (κ1) is 13.7. The smallest absolute Gasteiger partial charge is 0.271 e. The Labute approximate surface area is 113 Å². The molecule has 3 N–H and O–H groups in total. The maximum atomic E-state index is 11.6. The fourth-order valence-corrected chi connectivity index (χ4v) is 2.29. The Morgan fingerprint density at radius 1 is 1.58 bits per heavy atom. The molecule has 1 aromatic heterocycles.